The van der Waals surface area contributed by atoms with Crippen LogP contribution >= 0.6 is 23.2 Å². The Morgan fingerprint density at radius 2 is 1.00 bits per heavy atom. The molecule has 3 aromatic carbocycles. The van der Waals surface area contributed by atoms with Crippen molar-refractivity contribution >= 4 is 23.2 Å². The fourth-order valence-corrected chi connectivity index (χ4v) is 5.15. The zero-order valence-corrected chi connectivity index (χ0v) is 20.6. The average Bonchev–Trinajstić information content (AvgIpc) is 3.32. The summed E-state index contributed by atoms with van der Waals surface area (Å²) < 4.78 is 2.94. The normalized spacial score (nSPS) is 11.3. The molecule has 5 rings (SSSR count). The van der Waals surface area contributed by atoms with Crippen LogP contribution in [0.4, 0.5) is 0 Å². The molecule has 0 radical (unpaired) electrons. The summed E-state index contributed by atoms with van der Waals surface area (Å²) in [5.74, 6) is -0.793. The molecule has 2 heterocycles. The van der Waals surface area contributed by atoms with Crippen molar-refractivity contribution in [1.29, 1.82) is 0 Å². The standard InChI is InChI=1S/C27H22Cl2N4O2/c1-16-22(26(34)32(30-16)18-10-5-3-6-11-18)25(24-20(28)14-9-15-21(24)29)23-17(2)31-33(27(23)35)19-12-7-4-8-13-19/h3-15,25,30-31H,1-2H3. The van der Waals surface area contributed by atoms with Gasteiger partial charge in [0.2, 0.25) is 0 Å². The molecule has 0 saturated carbocycles. The highest BCUT2D eigenvalue weighted by molar-refractivity contribution is 6.36. The van der Waals surface area contributed by atoms with Gasteiger partial charge in [0, 0.05) is 27.0 Å². The zero-order chi connectivity index (χ0) is 24.7. The fraction of sp³-hybridized carbons (Fsp3) is 0.111. The average molecular weight is 505 g/mol. The van der Waals surface area contributed by atoms with Crippen LogP contribution in [0.2, 0.25) is 10.0 Å². The van der Waals surface area contributed by atoms with Gasteiger partial charge in [0.1, 0.15) is 0 Å². The van der Waals surface area contributed by atoms with Crippen LogP contribution in [0, 0.1) is 13.8 Å². The molecule has 35 heavy (non-hydrogen) atoms. The lowest BCUT2D eigenvalue weighted by Crippen LogP contribution is -2.25. The molecule has 0 aliphatic heterocycles. The quantitative estimate of drug-likeness (QED) is 0.319. The first kappa shape index (κ1) is 23.0. The third-order valence-corrected chi connectivity index (χ3v) is 6.79. The third kappa shape index (κ3) is 3.95. The van der Waals surface area contributed by atoms with Gasteiger partial charge in [0.15, 0.2) is 0 Å². The molecule has 0 aliphatic rings. The number of benzene rings is 3. The number of para-hydroxylation sites is 2. The number of H-pyrrole nitrogens is 2. The van der Waals surface area contributed by atoms with Gasteiger partial charge in [0.05, 0.1) is 28.4 Å². The van der Waals surface area contributed by atoms with Gasteiger partial charge < -0.3 is 0 Å². The van der Waals surface area contributed by atoms with Crippen molar-refractivity contribution in [1.82, 2.24) is 19.6 Å². The minimum Gasteiger partial charge on any atom is -0.295 e. The van der Waals surface area contributed by atoms with Crippen molar-refractivity contribution in [3.8, 4) is 11.4 Å². The van der Waals surface area contributed by atoms with Gasteiger partial charge in [-0.2, -0.15) is 0 Å². The minimum absolute atomic E-state index is 0.277. The van der Waals surface area contributed by atoms with Crippen LogP contribution in [0.3, 0.4) is 0 Å². The molecular formula is C27H22Cl2N4O2. The van der Waals surface area contributed by atoms with E-state index in [0.717, 1.165) is 0 Å². The smallest absolute Gasteiger partial charge is 0.275 e. The van der Waals surface area contributed by atoms with Crippen LogP contribution in [-0.4, -0.2) is 19.6 Å². The van der Waals surface area contributed by atoms with Crippen LogP contribution in [0.25, 0.3) is 11.4 Å². The molecule has 0 spiro atoms. The number of nitrogens with one attached hydrogen (secondary N) is 2. The second-order valence-corrected chi connectivity index (χ2v) is 9.14. The number of hydrogen-bond acceptors (Lipinski definition) is 2. The van der Waals surface area contributed by atoms with Gasteiger partial charge in [-0.05, 0) is 50.2 Å². The molecule has 0 fully saturated rings. The summed E-state index contributed by atoms with van der Waals surface area (Å²) in [6.45, 7) is 3.62. The highest BCUT2D eigenvalue weighted by atomic mass is 35.5. The van der Waals surface area contributed by atoms with Crippen LogP contribution in [0.5, 0.6) is 0 Å². The van der Waals surface area contributed by atoms with E-state index < -0.39 is 5.92 Å². The zero-order valence-electron chi connectivity index (χ0n) is 19.0. The Morgan fingerprint density at radius 1 is 0.600 bits per heavy atom. The number of halogens is 2. The molecule has 0 atom stereocenters. The lowest BCUT2D eigenvalue weighted by molar-refractivity contribution is 0.830. The maximum absolute atomic E-state index is 13.8. The molecule has 2 aromatic heterocycles. The van der Waals surface area contributed by atoms with Crippen molar-refractivity contribution in [2.45, 2.75) is 19.8 Å². The topological polar surface area (TPSA) is 75.6 Å². The molecule has 0 saturated heterocycles. The van der Waals surface area contributed by atoms with Gasteiger partial charge in [-0.25, -0.2) is 9.36 Å². The number of nitrogens with zero attached hydrogens (tertiary/aromatic N) is 2. The summed E-state index contributed by atoms with van der Waals surface area (Å²) in [7, 11) is 0. The Balaban J connectivity index is 1.82. The lowest BCUT2D eigenvalue weighted by Gasteiger charge is -2.18. The number of aromatic amines is 2. The van der Waals surface area contributed by atoms with Crippen molar-refractivity contribution in [3.63, 3.8) is 0 Å². The van der Waals surface area contributed by atoms with Gasteiger partial charge in [-0.15, -0.1) is 0 Å². The van der Waals surface area contributed by atoms with Gasteiger partial charge in [0.25, 0.3) is 11.1 Å². The highest BCUT2D eigenvalue weighted by Gasteiger charge is 2.33. The van der Waals surface area contributed by atoms with Gasteiger partial charge in [-0.3, -0.25) is 19.8 Å². The number of rotatable bonds is 5. The molecule has 2 N–H and O–H groups in total. The Hall–Kier alpha value is -3.74. The highest BCUT2D eigenvalue weighted by Crippen LogP contribution is 2.40. The summed E-state index contributed by atoms with van der Waals surface area (Å²) in [4.78, 5) is 27.7. The SMILES string of the molecule is Cc1[nH]n(-c2ccccc2)c(=O)c1C(c1c(Cl)cccc1Cl)c1c(C)[nH]n(-c2ccccc2)c1=O. The van der Waals surface area contributed by atoms with Crippen LogP contribution in [0.15, 0.2) is 88.5 Å². The Labute approximate surface area is 211 Å². The molecule has 0 amide bonds. The Kier molecular flexibility index (Phi) is 6.01. The Bertz CT molecular complexity index is 1510. The fourth-order valence-electron chi connectivity index (χ4n) is 4.54. The first-order chi connectivity index (χ1) is 16.9. The summed E-state index contributed by atoms with van der Waals surface area (Å²) in [6, 6.07) is 23.7. The molecule has 0 aliphatic carbocycles. The van der Waals surface area contributed by atoms with Crippen molar-refractivity contribution in [3.05, 3.63) is 138 Å². The minimum atomic E-state index is -0.793. The van der Waals surface area contributed by atoms with Crippen LogP contribution in [0.1, 0.15) is 34.0 Å². The van der Waals surface area contributed by atoms with Gasteiger partial charge in [-0.1, -0.05) is 65.7 Å². The molecule has 0 unspecified atom stereocenters. The summed E-state index contributed by atoms with van der Waals surface area (Å²) >= 11 is 13.3. The van der Waals surface area contributed by atoms with Crippen molar-refractivity contribution in [2.75, 3.05) is 0 Å². The number of hydrogen-bond donors (Lipinski definition) is 2. The molecule has 176 valence electrons. The monoisotopic (exact) mass is 504 g/mol. The van der Waals surface area contributed by atoms with Crippen LogP contribution in [-0.2, 0) is 0 Å². The van der Waals surface area contributed by atoms with E-state index in [0.29, 0.717) is 49.5 Å². The first-order valence-corrected chi connectivity index (χ1v) is 11.8. The van der Waals surface area contributed by atoms with E-state index in [4.69, 9.17) is 23.2 Å². The van der Waals surface area contributed by atoms with E-state index in [1.165, 1.54) is 9.36 Å². The Morgan fingerprint density at radius 3 is 1.40 bits per heavy atom. The second-order valence-electron chi connectivity index (χ2n) is 8.32. The maximum atomic E-state index is 13.8. The van der Waals surface area contributed by atoms with Crippen molar-refractivity contribution in [2.24, 2.45) is 0 Å². The molecule has 6 nitrogen and oxygen atoms in total. The lowest BCUT2D eigenvalue weighted by atomic mass is 9.85. The number of aromatic nitrogens is 4. The molecule has 5 aromatic rings. The van der Waals surface area contributed by atoms with Gasteiger partial charge >= 0.3 is 0 Å². The van der Waals surface area contributed by atoms with E-state index in [1.807, 2.05) is 74.5 Å². The predicted octanol–water partition coefficient (Wildman–Crippen LogP) is 5.75. The van der Waals surface area contributed by atoms with Crippen LogP contribution < -0.4 is 11.1 Å². The first-order valence-electron chi connectivity index (χ1n) is 11.1. The molecule has 8 heteroatoms. The van der Waals surface area contributed by atoms with E-state index in [9.17, 15) is 9.59 Å². The van der Waals surface area contributed by atoms with E-state index in [-0.39, 0.29) is 11.1 Å². The third-order valence-electron chi connectivity index (χ3n) is 6.13. The second kappa shape index (κ2) is 9.13. The largest absolute Gasteiger partial charge is 0.295 e. The van der Waals surface area contributed by atoms with E-state index >= 15 is 0 Å². The van der Waals surface area contributed by atoms with Crippen molar-refractivity contribution < 1.29 is 0 Å². The predicted molar refractivity (Wildman–Crippen MR) is 140 cm³/mol. The number of aryl methyl sites for hydroxylation is 2. The van der Waals surface area contributed by atoms with E-state index in [1.54, 1.807) is 18.2 Å². The molecular weight excluding hydrogens is 483 g/mol. The summed E-state index contributed by atoms with van der Waals surface area (Å²) in [6.07, 6.45) is 0. The molecule has 0 bridgehead atoms. The summed E-state index contributed by atoms with van der Waals surface area (Å²) in [5.41, 5.74) is 3.37. The maximum Gasteiger partial charge on any atom is 0.275 e. The van der Waals surface area contributed by atoms with E-state index in [2.05, 4.69) is 10.2 Å². The summed E-state index contributed by atoms with van der Waals surface area (Å²) in [5, 5.41) is 7.08.